The summed E-state index contributed by atoms with van der Waals surface area (Å²) in [6, 6.07) is 1.69. The molecular weight excluding hydrogens is 195 g/mol. The molecule has 74 valence electrons. The van der Waals surface area contributed by atoms with Crippen LogP contribution in [0.1, 0.15) is 12.6 Å². The van der Waals surface area contributed by atoms with Crippen molar-refractivity contribution in [2.75, 3.05) is 5.75 Å². The molecule has 13 heavy (non-hydrogen) atoms. The maximum absolute atomic E-state index is 12.1. The first-order chi connectivity index (χ1) is 6.01. The summed E-state index contributed by atoms with van der Waals surface area (Å²) in [5.41, 5.74) is 0.600. The first-order valence-corrected chi connectivity index (χ1v) is 5.51. The van der Waals surface area contributed by atoms with Crippen molar-refractivity contribution in [2.24, 2.45) is 0 Å². The van der Waals surface area contributed by atoms with Gasteiger partial charge in [0.05, 0.1) is 11.4 Å². The average Bonchev–Trinajstić information content (AvgIpc) is 2.47. The van der Waals surface area contributed by atoms with E-state index in [0.717, 1.165) is 6.54 Å². The molecule has 1 rings (SSSR count). The number of rotatable bonds is 4. The second-order valence-electron chi connectivity index (χ2n) is 2.66. The standard InChI is InChI=1S/C7H11FN2O2S/c1-2-10-5-3-7(9-10)4-6-13(8,11)12/h3,5H,2,4,6H2,1H3. The van der Waals surface area contributed by atoms with Crippen molar-refractivity contribution in [3.63, 3.8) is 0 Å². The molecule has 0 amide bonds. The predicted molar refractivity (Wildman–Crippen MR) is 46.5 cm³/mol. The third kappa shape index (κ3) is 3.54. The summed E-state index contributed by atoms with van der Waals surface area (Å²) in [5, 5.41) is 4.02. The summed E-state index contributed by atoms with van der Waals surface area (Å²) >= 11 is 0. The molecule has 0 N–H and O–H groups in total. The van der Waals surface area contributed by atoms with E-state index in [0.29, 0.717) is 5.69 Å². The molecule has 4 nitrogen and oxygen atoms in total. The van der Waals surface area contributed by atoms with Gasteiger partial charge in [-0.1, -0.05) is 0 Å². The largest absolute Gasteiger partial charge is 0.302 e. The number of hydrogen-bond acceptors (Lipinski definition) is 3. The minimum Gasteiger partial charge on any atom is -0.273 e. The van der Waals surface area contributed by atoms with Gasteiger partial charge in [-0.05, 0) is 13.0 Å². The van der Waals surface area contributed by atoms with Crippen LogP contribution in [0.5, 0.6) is 0 Å². The zero-order valence-electron chi connectivity index (χ0n) is 7.27. The van der Waals surface area contributed by atoms with Crippen molar-refractivity contribution in [2.45, 2.75) is 19.9 Å². The van der Waals surface area contributed by atoms with Crippen molar-refractivity contribution >= 4 is 10.2 Å². The molecule has 0 fully saturated rings. The Labute approximate surface area is 76.6 Å². The Bertz CT molecular complexity index is 372. The van der Waals surface area contributed by atoms with E-state index in [9.17, 15) is 12.3 Å². The molecule has 0 unspecified atom stereocenters. The van der Waals surface area contributed by atoms with Crippen molar-refractivity contribution in [3.05, 3.63) is 18.0 Å². The van der Waals surface area contributed by atoms with Gasteiger partial charge < -0.3 is 0 Å². The van der Waals surface area contributed by atoms with Gasteiger partial charge in [0, 0.05) is 19.2 Å². The second kappa shape index (κ2) is 3.87. The highest BCUT2D eigenvalue weighted by molar-refractivity contribution is 7.86. The Balaban J connectivity index is 2.55. The van der Waals surface area contributed by atoms with E-state index in [1.807, 2.05) is 6.92 Å². The summed E-state index contributed by atoms with van der Waals surface area (Å²) in [4.78, 5) is 0. The molecule has 6 heteroatoms. The lowest BCUT2D eigenvalue weighted by Crippen LogP contribution is -2.03. The van der Waals surface area contributed by atoms with Crippen LogP contribution >= 0.6 is 0 Å². The molecule has 0 spiro atoms. The molecule has 0 aliphatic carbocycles. The highest BCUT2D eigenvalue weighted by atomic mass is 32.3. The van der Waals surface area contributed by atoms with Crippen LogP contribution in [-0.2, 0) is 23.2 Å². The van der Waals surface area contributed by atoms with Gasteiger partial charge in [-0.2, -0.15) is 13.5 Å². The first-order valence-electron chi connectivity index (χ1n) is 3.96. The van der Waals surface area contributed by atoms with Crippen molar-refractivity contribution in [3.8, 4) is 0 Å². The highest BCUT2D eigenvalue weighted by Crippen LogP contribution is 2.00. The predicted octanol–water partition coefficient (Wildman–Crippen LogP) is 0.745. The maximum atomic E-state index is 12.1. The topological polar surface area (TPSA) is 52.0 Å². The molecule has 1 heterocycles. The first kappa shape index (κ1) is 10.2. The Morgan fingerprint density at radius 2 is 2.31 bits per heavy atom. The van der Waals surface area contributed by atoms with E-state index in [-0.39, 0.29) is 6.42 Å². The monoisotopic (exact) mass is 206 g/mol. The smallest absolute Gasteiger partial charge is 0.273 e. The molecule has 0 saturated heterocycles. The molecule has 0 atom stereocenters. The fourth-order valence-corrected chi connectivity index (χ4v) is 1.39. The number of halogens is 1. The molecule has 0 aliphatic heterocycles. The summed E-state index contributed by atoms with van der Waals surface area (Å²) < 4.78 is 34.1. The van der Waals surface area contributed by atoms with E-state index in [1.54, 1.807) is 16.9 Å². The number of aryl methyl sites for hydroxylation is 2. The Kier molecular flexibility index (Phi) is 3.02. The molecule has 0 aliphatic rings. The highest BCUT2D eigenvalue weighted by Gasteiger charge is 2.08. The maximum Gasteiger partial charge on any atom is 0.302 e. The molecule has 0 saturated carbocycles. The van der Waals surface area contributed by atoms with Crippen molar-refractivity contribution < 1.29 is 12.3 Å². The number of nitrogens with zero attached hydrogens (tertiary/aromatic N) is 2. The minimum absolute atomic E-state index is 0.131. The van der Waals surface area contributed by atoms with Crippen molar-refractivity contribution in [1.29, 1.82) is 0 Å². The van der Waals surface area contributed by atoms with Gasteiger partial charge in [0.1, 0.15) is 0 Å². The van der Waals surface area contributed by atoms with Crippen LogP contribution < -0.4 is 0 Å². The lowest BCUT2D eigenvalue weighted by atomic mass is 10.3. The van der Waals surface area contributed by atoms with Crippen LogP contribution in [0.15, 0.2) is 12.3 Å². The van der Waals surface area contributed by atoms with Gasteiger partial charge in [0.2, 0.25) is 0 Å². The van der Waals surface area contributed by atoms with Gasteiger partial charge in [0.25, 0.3) is 0 Å². The number of hydrogen-bond donors (Lipinski definition) is 0. The fourth-order valence-electron chi connectivity index (χ4n) is 0.940. The van der Waals surface area contributed by atoms with E-state index in [4.69, 9.17) is 0 Å². The van der Waals surface area contributed by atoms with Gasteiger partial charge >= 0.3 is 10.2 Å². The summed E-state index contributed by atoms with van der Waals surface area (Å²) in [7, 11) is -4.37. The third-order valence-electron chi connectivity index (χ3n) is 1.62. The zero-order valence-corrected chi connectivity index (χ0v) is 8.09. The SMILES string of the molecule is CCn1ccc(CCS(=O)(=O)F)n1. The van der Waals surface area contributed by atoms with Crippen LogP contribution in [0.4, 0.5) is 3.89 Å². The quantitative estimate of drug-likeness (QED) is 0.683. The second-order valence-corrected chi connectivity index (χ2v) is 4.14. The molecule has 1 aromatic rings. The molecule has 1 aromatic heterocycles. The summed E-state index contributed by atoms with van der Waals surface area (Å²) in [5.74, 6) is -0.492. The van der Waals surface area contributed by atoms with Crippen LogP contribution in [0.3, 0.4) is 0 Å². The lowest BCUT2D eigenvalue weighted by Gasteiger charge is -1.93. The zero-order chi connectivity index (χ0) is 9.90. The normalized spacial score (nSPS) is 11.8. The van der Waals surface area contributed by atoms with E-state index >= 15 is 0 Å². The molecule has 0 bridgehead atoms. The summed E-state index contributed by atoms with van der Waals surface area (Å²) in [6.45, 7) is 2.64. The molecule has 0 aromatic carbocycles. The van der Waals surface area contributed by atoms with E-state index in [1.165, 1.54) is 0 Å². The van der Waals surface area contributed by atoms with Crippen molar-refractivity contribution in [1.82, 2.24) is 9.78 Å². The lowest BCUT2D eigenvalue weighted by molar-refractivity contribution is 0.550. The van der Waals surface area contributed by atoms with Gasteiger partial charge in [-0.15, -0.1) is 3.89 Å². The van der Waals surface area contributed by atoms with E-state index in [2.05, 4.69) is 5.10 Å². The molecular formula is C7H11FN2O2S. The van der Waals surface area contributed by atoms with Gasteiger partial charge in [0.15, 0.2) is 0 Å². The van der Waals surface area contributed by atoms with Crippen LogP contribution in [0.2, 0.25) is 0 Å². The molecule has 0 radical (unpaired) electrons. The van der Waals surface area contributed by atoms with Crippen LogP contribution in [-0.4, -0.2) is 24.0 Å². The van der Waals surface area contributed by atoms with Gasteiger partial charge in [-0.3, -0.25) is 4.68 Å². The Morgan fingerprint density at radius 3 is 2.77 bits per heavy atom. The minimum atomic E-state index is -4.37. The average molecular weight is 206 g/mol. The third-order valence-corrected chi connectivity index (χ3v) is 2.31. The Morgan fingerprint density at radius 1 is 1.62 bits per heavy atom. The number of aromatic nitrogens is 2. The van der Waals surface area contributed by atoms with Crippen LogP contribution in [0.25, 0.3) is 0 Å². The van der Waals surface area contributed by atoms with Crippen LogP contribution in [0, 0.1) is 0 Å². The Hall–Kier alpha value is -0.910. The van der Waals surface area contributed by atoms with E-state index < -0.39 is 16.0 Å². The summed E-state index contributed by atoms with van der Waals surface area (Å²) in [6.07, 6.45) is 1.87. The van der Waals surface area contributed by atoms with Gasteiger partial charge in [-0.25, -0.2) is 0 Å². The fraction of sp³-hybridized carbons (Fsp3) is 0.571.